The molecule has 0 aliphatic rings. The summed E-state index contributed by atoms with van der Waals surface area (Å²) < 4.78 is 12.6. The van der Waals surface area contributed by atoms with Crippen molar-refractivity contribution in [2.75, 3.05) is 25.3 Å². The Hall–Kier alpha value is -4.30. The third-order valence-electron chi connectivity index (χ3n) is 5.45. The van der Waals surface area contributed by atoms with E-state index in [4.69, 9.17) is 36.8 Å². The van der Waals surface area contributed by atoms with Crippen LogP contribution in [0.1, 0.15) is 10.4 Å². The minimum atomic E-state index is -0.416. The van der Waals surface area contributed by atoms with Crippen molar-refractivity contribution in [2.45, 2.75) is 0 Å². The van der Waals surface area contributed by atoms with Crippen LogP contribution in [0.2, 0.25) is 5.02 Å². The number of methoxy groups -OCH3 is 2. The highest BCUT2D eigenvalue weighted by Crippen LogP contribution is 2.36. The summed E-state index contributed by atoms with van der Waals surface area (Å²) in [5.74, 6) is 0.885. The molecule has 0 spiro atoms. The minimum Gasteiger partial charge on any atom is -0.497 e. The van der Waals surface area contributed by atoms with Crippen LogP contribution in [0.4, 0.5) is 11.5 Å². The second-order valence-corrected chi connectivity index (χ2v) is 7.92. The van der Waals surface area contributed by atoms with Crippen LogP contribution in [0.15, 0.2) is 66.7 Å². The van der Waals surface area contributed by atoms with Crippen LogP contribution in [0, 0.1) is 0 Å². The molecule has 0 radical (unpaired) electrons. The standard InChI is InChI=1S/C25H20ClN5O3/c1-33-16-11-12-19(20(13-16)34-2)31-23(27)21(25(32)28-15-9-7-14(26)8-10-15)22-24(31)30-18-6-4-3-5-17(18)29-22/h3-13H,27H2,1-2H3,(H,28,32). The number of nitrogens with zero attached hydrogens (tertiary/aromatic N) is 3. The maximum absolute atomic E-state index is 13.4. The van der Waals surface area contributed by atoms with Crippen molar-refractivity contribution in [1.29, 1.82) is 0 Å². The molecule has 5 rings (SSSR count). The Morgan fingerprint density at radius 1 is 0.971 bits per heavy atom. The van der Waals surface area contributed by atoms with Gasteiger partial charge in [-0.15, -0.1) is 0 Å². The number of carbonyl (C=O) groups is 1. The number of benzene rings is 3. The maximum Gasteiger partial charge on any atom is 0.261 e. The van der Waals surface area contributed by atoms with E-state index in [1.54, 1.807) is 61.3 Å². The zero-order chi connectivity index (χ0) is 23.8. The van der Waals surface area contributed by atoms with E-state index in [1.807, 2.05) is 24.3 Å². The van der Waals surface area contributed by atoms with Gasteiger partial charge in [0.05, 0.1) is 30.9 Å². The number of aromatic nitrogens is 3. The molecule has 3 aromatic carbocycles. The summed E-state index contributed by atoms with van der Waals surface area (Å²) in [6, 6.07) is 19.6. The fraction of sp³-hybridized carbons (Fsp3) is 0.0800. The first-order valence-electron chi connectivity index (χ1n) is 10.4. The number of carbonyl (C=O) groups excluding carboxylic acids is 1. The summed E-state index contributed by atoms with van der Waals surface area (Å²) in [5, 5.41) is 3.44. The number of para-hydroxylation sites is 2. The summed E-state index contributed by atoms with van der Waals surface area (Å²) in [5.41, 5.74) is 10.1. The molecular weight excluding hydrogens is 454 g/mol. The number of fused-ring (bicyclic) bond motifs is 2. The SMILES string of the molecule is COc1ccc(-n2c(N)c(C(=O)Nc3ccc(Cl)cc3)c3nc4ccccc4nc32)c(OC)c1. The average molecular weight is 474 g/mol. The van der Waals surface area contributed by atoms with E-state index >= 15 is 0 Å². The number of rotatable bonds is 5. The number of hydrogen-bond acceptors (Lipinski definition) is 6. The lowest BCUT2D eigenvalue weighted by atomic mass is 10.2. The first-order valence-corrected chi connectivity index (χ1v) is 10.7. The van der Waals surface area contributed by atoms with E-state index in [9.17, 15) is 4.79 Å². The van der Waals surface area contributed by atoms with Crippen molar-refractivity contribution in [2.24, 2.45) is 0 Å². The zero-order valence-electron chi connectivity index (χ0n) is 18.4. The Labute approximate surface area is 199 Å². The number of nitrogens with one attached hydrogen (secondary N) is 1. The van der Waals surface area contributed by atoms with Crippen molar-refractivity contribution < 1.29 is 14.3 Å². The van der Waals surface area contributed by atoms with Crippen molar-refractivity contribution in [1.82, 2.24) is 14.5 Å². The summed E-state index contributed by atoms with van der Waals surface area (Å²) in [4.78, 5) is 22.9. The molecule has 0 bridgehead atoms. The largest absolute Gasteiger partial charge is 0.497 e. The Morgan fingerprint density at radius 2 is 1.68 bits per heavy atom. The normalized spacial score (nSPS) is 11.0. The average Bonchev–Trinajstić information content (AvgIpc) is 3.14. The fourth-order valence-electron chi connectivity index (χ4n) is 3.83. The molecular formula is C25H20ClN5O3. The van der Waals surface area contributed by atoms with Gasteiger partial charge in [-0.1, -0.05) is 23.7 Å². The number of nitrogen functional groups attached to an aromatic ring is 1. The molecule has 2 heterocycles. The summed E-state index contributed by atoms with van der Waals surface area (Å²) in [7, 11) is 3.13. The number of nitrogens with two attached hydrogens (primary N) is 1. The van der Waals surface area contributed by atoms with Gasteiger partial charge in [-0.3, -0.25) is 9.36 Å². The Balaban J connectivity index is 1.76. The van der Waals surface area contributed by atoms with Crippen molar-refractivity contribution in [3.05, 3.63) is 77.3 Å². The second-order valence-electron chi connectivity index (χ2n) is 7.48. The molecule has 1 amide bonds. The molecule has 0 saturated heterocycles. The molecule has 0 atom stereocenters. The predicted octanol–water partition coefficient (Wildman–Crippen LogP) is 5.08. The smallest absolute Gasteiger partial charge is 0.261 e. The lowest BCUT2D eigenvalue weighted by Gasteiger charge is -2.13. The zero-order valence-corrected chi connectivity index (χ0v) is 19.1. The van der Waals surface area contributed by atoms with E-state index in [-0.39, 0.29) is 11.4 Å². The van der Waals surface area contributed by atoms with E-state index in [0.717, 1.165) is 0 Å². The highest BCUT2D eigenvalue weighted by atomic mass is 35.5. The van der Waals surface area contributed by atoms with Gasteiger partial charge in [-0.2, -0.15) is 0 Å². The Morgan fingerprint density at radius 3 is 2.35 bits per heavy atom. The summed E-state index contributed by atoms with van der Waals surface area (Å²) in [6.07, 6.45) is 0. The molecule has 0 aliphatic heterocycles. The van der Waals surface area contributed by atoms with Gasteiger partial charge >= 0.3 is 0 Å². The molecule has 9 heteroatoms. The highest BCUT2D eigenvalue weighted by molar-refractivity contribution is 6.30. The molecule has 0 fully saturated rings. The molecule has 170 valence electrons. The summed E-state index contributed by atoms with van der Waals surface area (Å²) >= 11 is 5.97. The monoisotopic (exact) mass is 473 g/mol. The third-order valence-corrected chi connectivity index (χ3v) is 5.71. The van der Waals surface area contributed by atoms with Gasteiger partial charge in [0.25, 0.3) is 5.91 Å². The van der Waals surface area contributed by atoms with E-state index in [0.29, 0.717) is 50.1 Å². The van der Waals surface area contributed by atoms with Crippen molar-refractivity contribution in [3.63, 3.8) is 0 Å². The first-order chi connectivity index (χ1) is 16.5. The lowest BCUT2D eigenvalue weighted by Crippen LogP contribution is -2.14. The van der Waals surface area contributed by atoms with Crippen LogP contribution >= 0.6 is 11.6 Å². The van der Waals surface area contributed by atoms with Crippen LogP contribution in [0.25, 0.3) is 27.9 Å². The second kappa shape index (κ2) is 8.57. The molecule has 2 aromatic heterocycles. The molecule has 34 heavy (non-hydrogen) atoms. The summed E-state index contributed by atoms with van der Waals surface area (Å²) in [6.45, 7) is 0. The van der Waals surface area contributed by atoms with E-state index < -0.39 is 5.91 Å². The highest BCUT2D eigenvalue weighted by Gasteiger charge is 2.26. The lowest BCUT2D eigenvalue weighted by molar-refractivity contribution is 0.102. The first kappa shape index (κ1) is 21.5. The number of ether oxygens (including phenoxy) is 2. The van der Waals surface area contributed by atoms with Gasteiger partial charge in [-0.05, 0) is 48.5 Å². The molecule has 0 aliphatic carbocycles. The van der Waals surface area contributed by atoms with Gasteiger partial charge in [-0.25, -0.2) is 9.97 Å². The van der Waals surface area contributed by atoms with Crippen LogP contribution in [-0.4, -0.2) is 34.7 Å². The molecule has 5 aromatic rings. The van der Waals surface area contributed by atoms with Crippen LogP contribution in [0.3, 0.4) is 0 Å². The van der Waals surface area contributed by atoms with Crippen LogP contribution in [0.5, 0.6) is 11.5 Å². The number of halogens is 1. The van der Waals surface area contributed by atoms with Gasteiger partial charge < -0.3 is 20.5 Å². The quantitative estimate of drug-likeness (QED) is 0.369. The number of amides is 1. The molecule has 3 N–H and O–H groups in total. The maximum atomic E-state index is 13.4. The van der Waals surface area contributed by atoms with Gasteiger partial charge in [0, 0.05) is 16.8 Å². The van der Waals surface area contributed by atoms with Crippen molar-refractivity contribution >= 4 is 51.2 Å². The third kappa shape index (κ3) is 3.64. The Kier molecular flexibility index (Phi) is 5.43. The molecule has 0 unspecified atom stereocenters. The van der Waals surface area contributed by atoms with Gasteiger partial charge in [0.1, 0.15) is 28.4 Å². The number of hydrogen-bond donors (Lipinski definition) is 2. The molecule has 8 nitrogen and oxygen atoms in total. The van der Waals surface area contributed by atoms with Crippen molar-refractivity contribution in [3.8, 4) is 17.2 Å². The number of anilines is 2. The Bertz CT molecular complexity index is 1550. The van der Waals surface area contributed by atoms with Gasteiger partial charge in [0.2, 0.25) is 0 Å². The fourth-order valence-corrected chi connectivity index (χ4v) is 3.95. The minimum absolute atomic E-state index is 0.181. The van der Waals surface area contributed by atoms with Crippen LogP contribution < -0.4 is 20.5 Å². The van der Waals surface area contributed by atoms with E-state index in [2.05, 4.69) is 5.32 Å². The topological polar surface area (TPSA) is 104 Å². The predicted molar refractivity (Wildman–Crippen MR) is 133 cm³/mol. The molecule has 0 saturated carbocycles. The van der Waals surface area contributed by atoms with Crippen LogP contribution in [-0.2, 0) is 0 Å². The van der Waals surface area contributed by atoms with Gasteiger partial charge in [0.15, 0.2) is 5.65 Å². The van der Waals surface area contributed by atoms with E-state index in [1.165, 1.54) is 0 Å².